The van der Waals surface area contributed by atoms with Crippen molar-refractivity contribution in [3.63, 3.8) is 0 Å². The lowest BCUT2D eigenvalue weighted by atomic mass is 9.81. The second-order valence-corrected chi connectivity index (χ2v) is 9.25. The van der Waals surface area contributed by atoms with Crippen molar-refractivity contribution in [2.75, 3.05) is 0 Å². The maximum atomic E-state index is 11.6. The highest BCUT2D eigenvalue weighted by atomic mass is 35.7. The van der Waals surface area contributed by atoms with Crippen LogP contribution in [0.15, 0.2) is 23.1 Å². The van der Waals surface area contributed by atoms with E-state index >= 15 is 0 Å². The van der Waals surface area contributed by atoms with Gasteiger partial charge in [-0.05, 0) is 34.1 Å². The monoisotopic (exact) mass is 288 g/mol. The molecule has 0 bridgehead atoms. The molecule has 0 unspecified atom stereocenters. The third kappa shape index (κ3) is 3.72. The van der Waals surface area contributed by atoms with Crippen molar-refractivity contribution in [1.82, 2.24) is 0 Å². The zero-order valence-electron chi connectivity index (χ0n) is 11.8. The van der Waals surface area contributed by atoms with Gasteiger partial charge in [0.25, 0.3) is 9.05 Å². The van der Waals surface area contributed by atoms with Crippen LogP contribution in [0.4, 0.5) is 0 Å². The first kappa shape index (κ1) is 15.5. The number of hydrogen-bond acceptors (Lipinski definition) is 2. The third-order valence-corrected chi connectivity index (χ3v) is 4.25. The molecule has 0 aliphatic carbocycles. The Kier molecular flexibility index (Phi) is 3.91. The fraction of sp³-hybridized carbons (Fsp3) is 0.571. The largest absolute Gasteiger partial charge is 0.261 e. The summed E-state index contributed by atoms with van der Waals surface area (Å²) in [6, 6.07) is 5.39. The first-order valence-corrected chi connectivity index (χ1v) is 8.23. The summed E-state index contributed by atoms with van der Waals surface area (Å²) in [4.78, 5) is 0.182. The SMILES string of the molecule is CC(C)(C)c1cc(C(C)(C)C)cc(S(=O)(=O)Cl)c1. The van der Waals surface area contributed by atoms with E-state index in [1.54, 1.807) is 12.1 Å². The summed E-state index contributed by atoms with van der Waals surface area (Å²) >= 11 is 0. The number of rotatable bonds is 1. The Balaban J connectivity index is 3.60. The Labute approximate surface area is 115 Å². The van der Waals surface area contributed by atoms with E-state index in [1.165, 1.54) is 0 Å². The highest BCUT2D eigenvalue weighted by molar-refractivity contribution is 8.13. The van der Waals surface area contributed by atoms with Gasteiger partial charge in [-0.2, -0.15) is 0 Å². The van der Waals surface area contributed by atoms with Crippen molar-refractivity contribution < 1.29 is 8.42 Å². The van der Waals surface area contributed by atoms with E-state index in [0.29, 0.717) is 0 Å². The molecule has 0 aliphatic rings. The van der Waals surface area contributed by atoms with Gasteiger partial charge in [0, 0.05) is 10.7 Å². The van der Waals surface area contributed by atoms with E-state index in [2.05, 4.69) is 47.6 Å². The zero-order chi connectivity index (χ0) is 14.4. The molecule has 4 heteroatoms. The summed E-state index contributed by atoms with van der Waals surface area (Å²) in [5, 5.41) is 0. The predicted octanol–water partition coefficient (Wildman–Crippen LogP) is 4.21. The minimum atomic E-state index is -3.70. The molecule has 1 aromatic carbocycles. The fourth-order valence-electron chi connectivity index (χ4n) is 1.61. The first-order chi connectivity index (χ1) is 7.82. The molecule has 0 spiro atoms. The summed E-state index contributed by atoms with van der Waals surface area (Å²) in [5.41, 5.74) is 1.73. The Morgan fingerprint density at radius 3 is 1.39 bits per heavy atom. The predicted molar refractivity (Wildman–Crippen MR) is 76.9 cm³/mol. The summed E-state index contributed by atoms with van der Waals surface area (Å²) in [6.45, 7) is 12.3. The average Bonchev–Trinajstić information content (AvgIpc) is 2.13. The average molecular weight is 289 g/mol. The number of hydrogen-bond donors (Lipinski definition) is 0. The van der Waals surface area contributed by atoms with Crippen molar-refractivity contribution in [2.24, 2.45) is 0 Å². The molecular weight excluding hydrogens is 268 g/mol. The van der Waals surface area contributed by atoms with Crippen molar-refractivity contribution >= 4 is 19.7 Å². The van der Waals surface area contributed by atoms with Crippen molar-refractivity contribution in [1.29, 1.82) is 0 Å². The lowest BCUT2D eigenvalue weighted by Crippen LogP contribution is -2.17. The Hall–Kier alpha value is -0.540. The van der Waals surface area contributed by atoms with E-state index in [1.807, 2.05) is 0 Å². The van der Waals surface area contributed by atoms with Gasteiger partial charge in [-0.15, -0.1) is 0 Å². The van der Waals surface area contributed by atoms with Crippen LogP contribution >= 0.6 is 10.7 Å². The molecule has 0 amide bonds. The van der Waals surface area contributed by atoms with Crippen molar-refractivity contribution in [2.45, 2.75) is 57.3 Å². The maximum Gasteiger partial charge on any atom is 0.261 e. The van der Waals surface area contributed by atoms with E-state index in [-0.39, 0.29) is 15.7 Å². The van der Waals surface area contributed by atoms with Crippen LogP contribution in [-0.4, -0.2) is 8.42 Å². The lowest BCUT2D eigenvalue weighted by Gasteiger charge is -2.25. The molecule has 0 aromatic heterocycles. The zero-order valence-corrected chi connectivity index (χ0v) is 13.4. The second kappa shape index (κ2) is 4.53. The minimum absolute atomic E-state index is 0.114. The first-order valence-electron chi connectivity index (χ1n) is 5.92. The Morgan fingerprint density at radius 1 is 0.833 bits per heavy atom. The fourth-order valence-corrected chi connectivity index (χ4v) is 2.41. The van der Waals surface area contributed by atoms with E-state index < -0.39 is 9.05 Å². The molecule has 1 aromatic rings. The molecule has 0 saturated heterocycles. The molecule has 102 valence electrons. The van der Waals surface area contributed by atoms with Crippen molar-refractivity contribution in [3.05, 3.63) is 29.3 Å². The molecule has 18 heavy (non-hydrogen) atoms. The summed E-state index contributed by atoms with van der Waals surface area (Å²) in [5.74, 6) is 0. The quantitative estimate of drug-likeness (QED) is 0.726. The second-order valence-electron chi connectivity index (χ2n) is 6.68. The van der Waals surface area contributed by atoms with Gasteiger partial charge in [-0.3, -0.25) is 0 Å². The molecule has 0 N–H and O–H groups in total. The van der Waals surface area contributed by atoms with Crippen LogP contribution in [0.2, 0.25) is 0 Å². The van der Waals surface area contributed by atoms with Gasteiger partial charge in [0.1, 0.15) is 0 Å². The molecule has 0 heterocycles. The molecule has 0 aliphatic heterocycles. The Morgan fingerprint density at radius 2 is 1.17 bits per heavy atom. The highest BCUT2D eigenvalue weighted by Crippen LogP contribution is 2.32. The van der Waals surface area contributed by atoms with Crippen molar-refractivity contribution in [3.8, 4) is 0 Å². The van der Waals surface area contributed by atoms with Crippen LogP contribution in [-0.2, 0) is 19.9 Å². The van der Waals surface area contributed by atoms with Crippen LogP contribution in [0.3, 0.4) is 0 Å². The van der Waals surface area contributed by atoms with E-state index in [4.69, 9.17) is 10.7 Å². The topological polar surface area (TPSA) is 34.1 Å². The summed E-state index contributed by atoms with van der Waals surface area (Å²) in [6.07, 6.45) is 0. The molecule has 1 rings (SSSR count). The van der Waals surface area contributed by atoms with Crippen LogP contribution in [0.1, 0.15) is 52.7 Å². The highest BCUT2D eigenvalue weighted by Gasteiger charge is 2.23. The standard InChI is InChI=1S/C14H21ClO2S/c1-13(2,3)10-7-11(14(4,5)6)9-12(8-10)18(15,16)17/h7-9H,1-6H3. The van der Waals surface area contributed by atoms with Crippen LogP contribution in [0.25, 0.3) is 0 Å². The molecule has 0 atom stereocenters. The molecule has 0 fully saturated rings. The van der Waals surface area contributed by atoms with Gasteiger partial charge >= 0.3 is 0 Å². The summed E-state index contributed by atoms with van der Waals surface area (Å²) < 4.78 is 23.1. The minimum Gasteiger partial charge on any atom is -0.207 e. The van der Waals surface area contributed by atoms with Crippen LogP contribution < -0.4 is 0 Å². The lowest BCUT2D eigenvalue weighted by molar-refractivity contribution is 0.563. The van der Waals surface area contributed by atoms with Gasteiger partial charge in [0.2, 0.25) is 0 Å². The normalized spacial score (nSPS) is 13.7. The van der Waals surface area contributed by atoms with E-state index in [9.17, 15) is 8.42 Å². The van der Waals surface area contributed by atoms with E-state index in [0.717, 1.165) is 11.1 Å². The summed E-state index contributed by atoms with van der Waals surface area (Å²) in [7, 11) is 1.78. The Bertz CT molecular complexity index is 514. The van der Waals surface area contributed by atoms with Gasteiger partial charge in [0.15, 0.2) is 0 Å². The molecule has 0 radical (unpaired) electrons. The van der Waals surface area contributed by atoms with Crippen LogP contribution in [0, 0.1) is 0 Å². The van der Waals surface area contributed by atoms with Gasteiger partial charge < -0.3 is 0 Å². The molecule has 2 nitrogen and oxygen atoms in total. The van der Waals surface area contributed by atoms with Gasteiger partial charge in [-0.25, -0.2) is 8.42 Å². The molecule has 0 saturated carbocycles. The van der Waals surface area contributed by atoms with Crippen LogP contribution in [0.5, 0.6) is 0 Å². The van der Waals surface area contributed by atoms with Gasteiger partial charge in [0.05, 0.1) is 4.90 Å². The number of halogens is 1. The maximum absolute atomic E-state index is 11.6. The van der Waals surface area contributed by atoms with Gasteiger partial charge in [-0.1, -0.05) is 47.6 Å². The molecular formula is C14H21ClO2S. The smallest absolute Gasteiger partial charge is 0.207 e. The third-order valence-electron chi connectivity index (χ3n) is 2.92. The number of benzene rings is 1.